The minimum Gasteiger partial charge on any atom is -0.366 e. The molecule has 1 amide bonds. The zero-order valence-corrected chi connectivity index (χ0v) is 11.6. The molecule has 104 valence electrons. The minimum atomic E-state index is -3.80. The van der Waals surface area contributed by atoms with Crippen LogP contribution in [0.25, 0.3) is 0 Å². The maximum Gasteiger partial charge on any atom is 0.262 e. The lowest BCUT2D eigenvalue weighted by atomic mass is 10.2. The number of nitrogens with zero attached hydrogens (tertiary/aromatic N) is 1. The molecule has 0 aliphatic heterocycles. The van der Waals surface area contributed by atoms with Gasteiger partial charge in [0.1, 0.15) is 5.15 Å². The van der Waals surface area contributed by atoms with Crippen molar-refractivity contribution in [1.82, 2.24) is 4.98 Å². The molecule has 0 bridgehead atoms. The Kier molecular flexibility index (Phi) is 3.91. The molecule has 0 unspecified atom stereocenters. The Hall–Kier alpha value is -2.12. The molecule has 0 fully saturated rings. The minimum absolute atomic E-state index is 0.0259. The summed E-state index contributed by atoms with van der Waals surface area (Å²) in [6, 6.07) is 8.41. The Bertz CT molecular complexity index is 762. The first-order valence-electron chi connectivity index (χ1n) is 5.43. The van der Waals surface area contributed by atoms with E-state index >= 15 is 0 Å². The second-order valence-electron chi connectivity index (χ2n) is 3.86. The summed E-state index contributed by atoms with van der Waals surface area (Å²) in [5.74, 6) is -0.641. The highest BCUT2D eigenvalue weighted by molar-refractivity contribution is 7.92. The van der Waals surface area contributed by atoms with Crippen LogP contribution in [0, 0.1) is 0 Å². The summed E-state index contributed by atoms with van der Waals surface area (Å²) in [7, 11) is -3.80. The number of pyridine rings is 1. The predicted octanol–water partition coefficient (Wildman–Crippen LogP) is 1.63. The second kappa shape index (κ2) is 5.48. The molecule has 0 aliphatic rings. The van der Waals surface area contributed by atoms with Crippen molar-refractivity contribution in [3.8, 4) is 0 Å². The number of nitrogens with two attached hydrogens (primary N) is 1. The Morgan fingerprint density at radius 2 is 2.00 bits per heavy atom. The summed E-state index contributed by atoms with van der Waals surface area (Å²) < 4.78 is 26.6. The molecule has 1 heterocycles. The third kappa shape index (κ3) is 3.25. The van der Waals surface area contributed by atoms with Gasteiger partial charge in [-0.25, -0.2) is 13.4 Å². The van der Waals surface area contributed by atoms with Crippen molar-refractivity contribution in [2.45, 2.75) is 4.90 Å². The molecule has 2 rings (SSSR count). The Morgan fingerprint density at radius 3 is 2.65 bits per heavy atom. The maximum atomic E-state index is 12.1. The highest BCUT2D eigenvalue weighted by Crippen LogP contribution is 2.18. The van der Waals surface area contributed by atoms with E-state index in [0.29, 0.717) is 0 Å². The van der Waals surface area contributed by atoms with Crippen LogP contribution in [-0.4, -0.2) is 19.3 Å². The van der Waals surface area contributed by atoms with E-state index in [2.05, 4.69) is 9.71 Å². The second-order valence-corrected chi connectivity index (χ2v) is 5.93. The molecular formula is C12H10ClN3O3S. The van der Waals surface area contributed by atoms with E-state index in [9.17, 15) is 13.2 Å². The molecule has 2 aromatic rings. The van der Waals surface area contributed by atoms with E-state index < -0.39 is 15.9 Å². The van der Waals surface area contributed by atoms with Crippen molar-refractivity contribution >= 4 is 33.2 Å². The average molecular weight is 312 g/mol. The number of halogens is 1. The smallest absolute Gasteiger partial charge is 0.262 e. The SMILES string of the molecule is NC(=O)c1cccc(NS(=O)(=O)c2ccnc(Cl)c2)c1. The van der Waals surface area contributed by atoms with Crippen LogP contribution in [0.5, 0.6) is 0 Å². The molecule has 0 radical (unpaired) electrons. The molecule has 6 nitrogen and oxygen atoms in total. The Labute approximate surface area is 120 Å². The number of aromatic nitrogens is 1. The van der Waals surface area contributed by atoms with Crippen molar-refractivity contribution in [3.63, 3.8) is 0 Å². The highest BCUT2D eigenvalue weighted by atomic mass is 35.5. The topological polar surface area (TPSA) is 102 Å². The van der Waals surface area contributed by atoms with Crippen molar-refractivity contribution in [2.75, 3.05) is 4.72 Å². The summed E-state index contributed by atoms with van der Waals surface area (Å²) in [4.78, 5) is 14.7. The van der Waals surface area contributed by atoms with Crippen LogP contribution < -0.4 is 10.5 Å². The fraction of sp³-hybridized carbons (Fsp3) is 0. The first-order valence-corrected chi connectivity index (χ1v) is 7.29. The lowest BCUT2D eigenvalue weighted by molar-refractivity contribution is 0.100. The normalized spacial score (nSPS) is 11.1. The van der Waals surface area contributed by atoms with Gasteiger partial charge < -0.3 is 5.73 Å². The fourth-order valence-corrected chi connectivity index (χ4v) is 2.80. The van der Waals surface area contributed by atoms with E-state index in [1.165, 1.54) is 42.6 Å². The van der Waals surface area contributed by atoms with Crippen LogP contribution in [0.3, 0.4) is 0 Å². The number of benzene rings is 1. The number of sulfonamides is 1. The van der Waals surface area contributed by atoms with Crippen molar-refractivity contribution in [2.24, 2.45) is 5.73 Å². The molecule has 0 spiro atoms. The van der Waals surface area contributed by atoms with Gasteiger partial charge in [-0.2, -0.15) is 0 Å². The van der Waals surface area contributed by atoms with Gasteiger partial charge in [0, 0.05) is 17.4 Å². The number of amides is 1. The first-order chi connectivity index (χ1) is 9.38. The van der Waals surface area contributed by atoms with Crippen molar-refractivity contribution in [3.05, 3.63) is 53.3 Å². The van der Waals surface area contributed by atoms with Gasteiger partial charge in [0.05, 0.1) is 4.90 Å². The van der Waals surface area contributed by atoms with Crippen LogP contribution >= 0.6 is 11.6 Å². The summed E-state index contributed by atoms with van der Waals surface area (Å²) in [6.07, 6.45) is 1.29. The van der Waals surface area contributed by atoms with Crippen LogP contribution in [0.2, 0.25) is 5.15 Å². The van der Waals surface area contributed by atoms with Crippen molar-refractivity contribution in [1.29, 1.82) is 0 Å². The third-order valence-electron chi connectivity index (χ3n) is 2.41. The molecule has 0 aliphatic carbocycles. The Morgan fingerprint density at radius 1 is 1.25 bits per heavy atom. The zero-order valence-electron chi connectivity index (χ0n) is 10.1. The number of hydrogen-bond donors (Lipinski definition) is 2. The molecule has 0 atom stereocenters. The number of carbonyl (C=O) groups excluding carboxylic acids is 1. The zero-order chi connectivity index (χ0) is 14.8. The summed E-state index contributed by atoms with van der Waals surface area (Å²) >= 11 is 5.66. The molecule has 8 heteroatoms. The lowest BCUT2D eigenvalue weighted by Gasteiger charge is -2.08. The quantitative estimate of drug-likeness (QED) is 0.838. The van der Waals surface area contributed by atoms with Gasteiger partial charge in [0.15, 0.2) is 0 Å². The van der Waals surface area contributed by atoms with E-state index in [-0.39, 0.29) is 21.3 Å². The van der Waals surface area contributed by atoms with Gasteiger partial charge in [0.2, 0.25) is 5.91 Å². The largest absolute Gasteiger partial charge is 0.366 e. The average Bonchev–Trinajstić information content (AvgIpc) is 2.38. The van der Waals surface area contributed by atoms with E-state index in [1.807, 2.05) is 0 Å². The maximum absolute atomic E-state index is 12.1. The van der Waals surface area contributed by atoms with Crippen molar-refractivity contribution < 1.29 is 13.2 Å². The predicted molar refractivity (Wildman–Crippen MR) is 75.0 cm³/mol. The summed E-state index contributed by atoms with van der Waals surface area (Å²) in [6.45, 7) is 0. The monoisotopic (exact) mass is 311 g/mol. The molecule has 1 aromatic heterocycles. The fourth-order valence-electron chi connectivity index (χ4n) is 1.50. The summed E-state index contributed by atoms with van der Waals surface area (Å²) in [5.41, 5.74) is 5.57. The van der Waals surface area contributed by atoms with E-state index in [4.69, 9.17) is 17.3 Å². The van der Waals surface area contributed by atoms with Gasteiger partial charge >= 0.3 is 0 Å². The summed E-state index contributed by atoms with van der Waals surface area (Å²) in [5, 5.41) is 0.0683. The number of carbonyl (C=O) groups is 1. The molecule has 1 aromatic carbocycles. The van der Waals surface area contributed by atoms with Crippen LogP contribution in [0.4, 0.5) is 5.69 Å². The van der Waals surface area contributed by atoms with Gasteiger partial charge in [-0.1, -0.05) is 17.7 Å². The highest BCUT2D eigenvalue weighted by Gasteiger charge is 2.15. The first kappa shape index (κ1) is 14.3. The number of hydrogen-bond acceptors (Lipinski definition) is 4. The number of nitrogens with one attached hydrogen (secondary N) is 1. The molecular weight excluding hydrogens is 302 g/mol. The van der Waals surface area contributed by atoms with Gasteiger partial charge in [-0.05, 0) is 30.3 Å². The van der Waals surface area contributed by atoms with Crippen LogP contribution in [0.15, 0.2) is 47.5 Å². The molecule has 0 saturated carbocycles. The van der Waals surface area contributed by atoms with Gasteiger partial charge in [-0.15, -0.1) is 0 Å². The van der Waals surface area contributed by atoms with Gasteiger partial charge in [0.25, 0.3) is 10.0 Å². The van der Waals surface area contributed by atoms with Crippen LogP contribution in [-0.2, 0) is 10.0 Å². The standard InChI is InChI=1S/C12H10ClN3O3S/c13-11-7-10(4-5-15-11)20(18,19)16-9-3-1-2-8(6-9)12(14)17/h1-7,16H,(H2,14,17). The van der Waals surface area contributed by atoms with Crippen LogP contribution in [0.1, 0.15) is 10.4 Å². The Balaban J connectivity index is 2.33. The molecule has 3 N–H and O–H groups in total. The van der Waals surface area contributed by atoms with E-state index in [0.717, 1.165) is 0 Å². The van der Waals surface area contributed by atoms with Gasteiger partial charge in [-0.3, -0.25) is 9.52 Å². The number of anilines is 1. The molecule has 20 heavy (non-hydrogen) atoms. The number of rotatable bonds is 4. The number of primary amides is 1. The molecule has 0 saturated heterocycles. The lowest BCUT2D eigenvalue weighted by Crippen LogP contribution is -2.15. The third-order valence-corrected chi connectivity index (χ3v) is 3.99. The van der Waals surface area contributed by atoms with E-state index in [1.54, 1.807) is 0 Å².